The summed E-state index contributed by atoms with van der Waals surface area (Å²) in [4.78, 5) is 19.1. The van der Waals surface area contributed by atoms with E-state index in [0.29, 0.717) is 0 Å². The number of hydrogen-bond acceptors (Lipinski definition) is 5. The van der Waals surface area contributed by atoms with Gasteiger partial charge >= 0.3 is 0 Å². The van der Waals surface area contributed by atoms with Crippen LogP contribution in [0, 0.1) is 5.92 Å². The Balaban J connectivity index is 1.67. The summed E-state index contributed by atoms with van der Waals surface area (Å²) in [5.41, 5.74) is 2.36. The molecule has 0 N–H and O–H groups in total. The summed E-state index contributed by atoms with van der Waals surface area (Å²) in [5.74, 6) is 1.11. The van der Waals surface area contributed by atoms with E-state index < -0.39 is 8.32 Å². The lowest BCUT2D eigenvalue weighted by molar-refractivity contribution is -0.152. The van der Waals surface area contributed by atoms with Gasteiger partial charge in [-0.1, -0.05) is 39.5 Å². The van der Waals surface area contributed by atoms with E-state index in [-0.39, 0.29) is 28.3 Å². The van der Waals surface area contributed by atoms with Crippen molar-refractivity contribution in [3.05, 3.63) is 40.0 Å². The number of aromatic nitrogens is 1. The van der Waals surface area contributed by atoms with Crippen LogP contribution < -0.4 is 0 Å². The van der Waals surface area contributed by atoms with Crippen LogP contribution in [0.2, 0.25) is 18.1 Å². The summed E-state index contributed by atoms with van der Waals surface area (Å²) < 4.78 is 7.94. The van der Waals surface area contributed by atoms with E-state index in [2.05, 4.69) is 52.7 Å². The molecule has 2 aliphatic heterocycles. The third-order valence-electron chi connectivity index (χ3n) is 6.14. The zero-order valence-electron chi connectivity index (χ0n) is 18.0. The number of amides is 1. The summed E-state index contributed by atoms with van der Waals surface area (Å²) in [5, 5.41) is 0.345. The molecule has 1 unspecified atom stereocenters. The van der Waals surface area contributed by atoms with Gasteiger partial charge in [0, 0.05) is 23.8 Å². The molecule has 0 aromatic carbocycles. The lowest BCUT2D eigenvalue weighted by Gasteiger charge is -2.49. The first-order chi connectivity index (χ1) is 13.1. The molecule has 0 spiro atoms. The summed E-state index contributed by atoms with van der Waals surface area (Å²) in [7, 11) is -1.91. The van der Waals surface area contributed by atoms with Crippen LogP contribution in [0.3, 0.4) is 0 Å². The molecule has 3 atom stereocenters. The van der Waals surface area contributed by atoms with Crippen molar-refractivity contribution in [2.45, 2.75) is 76.4 Å². The Morgan fingerprint density at radius 1 is 1.32 bits per heavy atom. The van der Waals surface area contributed by atoms with Gasteiger partial charge in [0.25, 0.3) is 0 Å². The molecule has 4 nitrogen and oxygen atoms in total. The van der Waals surface area contributed by atoms with Gasteiger partial charge in [-0.2, -0.15) is 0 Å². The number of allylic oxidation sites excluding steroid dienone is 1. The van der Waals surface area contributed by atoms with Crippen LogP contribution in [0.4, 0.5) is 0 Å². The number of hydrogen-bond donors (Lipinski definition) is 0. The van der Waals surface area contributed by atoms with E-state index in [9.17, 15) is 4.79 Å². The van der Waals surface area contributed by atoms with Gasteiger partial charge in [-0.05, 0) is 49.2 Å². The number of carbonyl (C=O) groups is 1. The van der Waals surface area contributed by atoms with Crippen molar-refractivity contribution in [2.24, 2.45) is 5.92 Å². The van der Waals surface area contributed by atoms with Crippen LogP contribution in [0.25, 0.3) is 0 Å². The van der Waals surface area contributed by atoms with Crippen LogP contribution in [-0.4, -0.2) is 35.6 Å². The number of β-lactam (4-membered cyclic amide) rings is 1. The Bertz CT molecular complexity index is 761. The second-order valence-corrected chi connectivity index (χ2v) is 16.2. The predicted molar refractivity (Wildman–Crippen MR) is 122 cm³/mol. The molecule has 1 fully saturated rings. The number of carbonyl (C=O) groups excluding carboxylic acids is 1. The molecule has 1 saturated heterocycles. The molecule has 0 aliphatic carbocycles. The van der Waals surface area contributed by atoms with Crippen molar-refractivity contribution in [3.63, 3.8) is 0 Å². The summed E-state index contributed by atoms with van der Waals surface area (Å²) in [6.45, 7) is 15.5. The first kappa shape index (κ1) is 21.9. The Hall–Kier alpha value is -0.763. The lowest BCUT2D eigenvalue weighted by Crippen LogP contribution is -2.62. The largest absolute Gasteiger partial charge is 0.413 e. The van der Waals surface area contributed by atoms with Gasteiger partial charge in [-0.25, -0.2) is 0 Å². The van der Waals surface area contributed by atoms with Crippen molar-refractivity contribution in [1.29, 1.82) is 0 Å². The normalized spacial score (nSPS) is 23.7. The average Bonchev–Trinajstić information content (AvgIpc) is 2.90. The second kappa shape index (κ2) is 8.17. The Labute approximate surface area is 179 Å². The van der Waals surface area contributed by atoms with Gasteiger partial charge in [-0.15, -0.1) is 11.8 Å². The van der Waals surface area contributed by atoms with E-state index in [4.69, 9.17) is 4.43 Å². The van der Waals surface area contributed by atoms with Gasteiger partial charge in [-0.3, -0.25) is 9.78 Å². The third-order valence-corrected chi connectivity index (χ3v) is 13.6. The average molecular weight is 437 g/mol. The number of rotatable bonds is 7. The van der Waals surface area contributed by atoms with E-state index in [1.54, 1.807) is 0 Å². The van der Waals surface area contributed by atoms with Crippen LogP contribution in [-0.2, 0) is 15.0 Å². The number of nitrogens with zero attached hydrogens (tertiary/aromatic N) is 2. The minimum atomic E-state index is -1.91. The van der Waals surface area contributed by atoms with Crippen molar-refractivity contribution >= 4 is 37.7 Å². The topological polar surface area (TPSA) is 42.4 Å². The van der Waals surface area contributed by atoms with E-state index in [0.717, 1.165) is 17.9 Å². The van der Waals surface area contributed by atoms with Crippen molar-refractivity contribution in [1.82, 2.24) is 9.88 Å². The van der Waals surface area contributed by atoms with Gasteiger partial charge in [0.2, 0.25) is 5.91 Å². The van der Waals surface area contributed by atoms with Gasteiger partial charge in [0.15, 0.2) is 8.32 Å². The fraction of sp³-hybridized carbons (Fsp3) is 0.619. The molecule has 154 valence electrons. The molecule has 28 heavy (non-hydrogen) atoms. The molecule has 3 heterocycles. The van der Waals surface area contributed by atoms with E-state index >= 15 is 0 Å². The quantitative estimate of drug-likeness (QED) is 0.397. The van der Waals surface area contributed by atoms with Crippen LogP contribution in [0.5, 0.6) is 0 Å². The summed E-state index contributed by atoms with van der Waals surface area (Å²) >= 11 is 3.67. The fourth-order valence-electron chi connectivity index (χ4n) is 3.34. The highest BCUT2D eigenvalue weighted by atomic mass is 32.2. The fourth-order valence-corrected chi connectivity index (χ4v) is 7.60. The minimum Gasteiger partial charge on any atom is -0.413 e. The van der Waals surface area contributed by atoms with Gasteiger partial charge < -0.3 is 9.33 Å². The Kier molecular flexibility index (Phi) is 6.40. The molecule has 2 aliphatic rings. The maximum atomic E-state index is 13.0. The Morgan fingerprint density at radius 3 is 2.54 bits per heavy atom. The lowest BCUT2D eigenvalue weighted by atomic mass is 9.90. The number of thioether (sulfide) groups is 2. The molecular formula is C21H32N2O2S2Si. The summed E-state index contributed by atoms with van der Waals surface area (Å²) in [6.07, 6.45) is 4.55. The molecule has 1 aromatic heterocycles. The highest BCUT2D eigenvalue weighted by Gasteiger charge is 2.57. The molecular weight excluding hydrogens is 404 g/mol. The molecule has 1 aromatic rings. The number of pyridine rings is 1. The van der Waals surface area contributed by atoms with Crippen molar-refractivity contribution in [3.8, 4) is 0 Å². The first-order valence-electron chi connectivity index (χ1n) is 9.97. The molecule has 3 rings (SSSR count). The zero-order valence-corrected chi connectivity index (χ0v) is 20.6. The minimum absolute atomic E-state index is 0.0134. The van der Waals surface area contributed by atoms with Crippen LogP contribution >= 0.6 is 23.5 Å². The molecule has 7 heteroatoms. The van der Waals surface area contributed by atoms with Crippen LogP contribution in [0.1, 0.15) is 46.6 Å². The SMILES string of the molecule is CCC(O[Si](C)(C)C(C)(C)C)[C@@H]1C(=O)N2C(C)=C(SCc3ccncc3)S[C@H]12. The van der Waals surface area contributed by atoms with E-state index in [1.807, 2.05) is 53.0 Å². The molecule has 1 amide bonds. The van der Waals surface area contributed by atoms with Crippen LogP contribution in [0.15, 0.2) is 34.5 Å². The van der Waals surface area contributed by atoms with Gasteiger partial charge in [0.1, 0.15) is 5.37 Å². The highest BCUT2D eigenvalue weighted by Crippen LogP contribution is 2.55. The second-order valence-electron chi connectivity index (χ2n) is 9.08. The zero-order chi connectivity index (χ0) is 20.7. The molecule has 0 radical (unpaired) electrons. The maximum absolute atomic E-state index is 13.0. The number of fused-ring (bicyclic) bond motifs is 1. The standard InChI is InChI=1S/C21H32N2O2S2Si/c1-8-16(25-28(6,7)21(3,4)5)17-18(24)23-14(2)20(27-19(17)23)26-13-15-9-11-22-12-10-15/h9-12,16-17,19H,8,13H2,1-7H3/t16?,17-,19-/m1/s1. The molecule has 0 bridgehead atoms. The monoisotopic (exact) mass is 436 g/mol. The third kappa shape index (κ3) is 4.09. The molecule has 0 saturated carbocycles. The predicted octanol–water partition coefficient (Wildman–Crippen LogP) is 5.84. The van der Waals surface area contributed by atoms with Gasteiger partial charge in [0.05, 0.1) is 16.3 Å². The summed E-state index contributed by atoms with van der Waals surface area (Å²) in [6, 6.07) is 4.09. The first-order valence-corrected chi connectivity index (χ1v) is 14.7. The van der Waals surface area contributed by atoms with Crippen molar-refractivity contribution < 1.29 is 9.22 Å². The van der Waals surface area contributed by atoms with E-state index in [1.165, 1.54) is 9.80 Å². The smallest absolute Gasteiger partial charge is 0.236 e. The Morgan fingerprint density at radius 2 is 1.96 bits per heavy atom. The van der Waals surface area contributed by atoms with Crippen molar-refractivity contribution in [2.75, 3.05) is 0 Å². The highest BCUT2D eigenvalue weighted by molar-refractivity contribution is 8.22. The maximum Gasteiger partial charge on any atom is 0.236 e.